The fraction of sp³-hybridized carbons (Fsp3) is 0.714. The summed E-state index contributed by atoms with van der Waals surface area (Å²) in [5.74, 6) is 5.57. The Morgan fingerprint density at radius 3 is 2.58 bits per heavy atom. The van der Waals surface area contributed by atoms with E-state index in [1.54, 1.807) is 6.92 Å². The molecule has 0 heterocycles. The summed E-state index contributed by atoms with van der Waals surface area (Å²) < 4.78 is 20.9. The second-order valence-corrected chi connectivity index (χ2v) is 4.03. The molecule has 5 heteroatoms. The molecule has 3 N–H and O–H groups in total. The minimum atomic E-state index is -3.32. The molecule has 0 spiro atoms. The quantitative estimate of drug-likeness (QED) is 0.444. The molecule has 0 unspecified atom stereocenters. The van der Waals surface area contributed by atoms with Crippen molar-refractivity contribution in [3.63, 3.8) is 0 Å². The van der Waals surface area contributed by atoms with Crippen LogP contribution in [0.2, 0.25) is 0 Å². The third-order valence-corrected chi connectivity index (χ3v) is 1.94. The van der Waals surface area contributed by atoms with Gasteiger partial charge in [0, 0.05) is 19.5 Å². The smallest absolute Gasteiger partial charge is 0.210 e. The zero-order valence-corrected chi connectivity index (χ0v) is 7.95. The predicted octanol–water partition coefficient (Wildman–Crippen LogP) is -0.722. The molecule has 0 aromatic carbocycles. The molecule has 0 aliphatic rings. The highest BCUT2D eigenvalue weighted by molar-refractivity contribution is 7.89. The number of hydrogen-bond acceptors (Lipinski definition) is 3. The summed E-state index contributed by atoms with van der Waals surface area (Å²) in [6, 6.07) is 0. The largest absolute Gasteiger partial charge is 0.315 e. The first-order valence-electron chi connectivity index (χ1n) is 3.67. The Morgan fingerprint density at radius 2 is 2.08 bits per heavy atom. The van der Waals surface area contributed by atoms with Gasteiger partial charge in [0.1, 0.15) is 0 Å². The lowest BCUT2D eigenvalue weighted by atomic mass is 10.4. The maximum atomic E-state index is 10.4. The first-order chi connectivity index (χ1) is 5.56. The van der Waals surface area contributed by atoms with E-state index in [2.05, 4.69) is 17.2 Å². The molecule has 0 aliphatic heterocycles. The summed E-state index contributed by atoms with van der Waals surface area (Å²) in [4.78, 5) is 0. The van der Waals surface area contributed by atoms with E-state index in [0.29, 0.717) is 13.1 Å². The van der Waals surface area contributed by atoms with Gasteiger partial charge in [-0.2, -0.15) is 0 Å². The molecular weight excluding hydrogens is 176 g/mol. The first kappa shape index (κ1) is 11.4. The molecule has 0 bridgehead atoms. The lowest BCUT2D eigenvalue weighted by Gasteiger charge is -1.99. The fourth-order valence-electron chi connectivity index (χ4n) is 0.615. The molecule has 12 heavy (non-hydrogen) atoms. The number of nitrogens with two attached hydrogens (primary N) is 1. The summed E-state index contributed by atoms with van der Waals surface area (Å²) in [6.45, 7) is 2.87. The van der Waals surface area contributed by atoms with Crippen LogP contribution in [0.3, 0.4) is 0 Å². The maximum Gasteiger partial charge on any atom is 0.210 e. The summed E-state index contributed by atoms with van der Waals surface area (Å²) >= 11 is 0. The minimum Gasteiger partial charge on any atom is -0.315 e. The van der Waals surface area contributed by atoms with Crippen LogP contribution in [0.4, 0.5) is 0 Å². The Balaban J connectivity index is 3.27. The molecular formula is C7H14N2O2S. The van der Waals surface area contributed by atoms with E-state index in [-0.39, 0.29) is 5.75 Å². The van der Waals surface area contributed by atoms with Crippen LogP contribution >= 0.6 is 0 Å². The summed E-state index contributed by atoms with van der Waals surface area (Å²) in [5.41, 5.74) is 0. The van der Waals surface area contributed by atoms with Gasteiger partial charge in [-0.15, -0.1) is 11.8 Å². The van der Waals surface area contributed by atoms with Crippen molar-refractivity contribution < 1.29 is 8.42 Å². The van der Waals surface area contributed by atoms with E-state index in [0.717, 1.165) is 6.42 Å². The lowest BCUT2D eigenvalue weighted by molar-refractivity contribution is 0.593. The molecule has 0 amide bonds. The Hall–Kier alpha value is -0.570. The standard InChI is InChI=1S/C7H14N2O2S/c1-2-3-4-5-9-6-7-12(8,10)11/h9H,4-7H2,1H3,(H2,8,10,11). The van der Waals surface area contributed by atoms with Crippen LogP contribution in [0.25, 0.3) is 0 Å². The van der Waals surface area contributed by atoms with Crippen molar-refractivity contribution in [2.75, 3.05) is 18.8 Å². The van der Waals surface area contributed by atoms with Crippen LogP contribution in [0.5, 0.6) is 0 Å². The highest BCUT2D eigenvalue weighted by Gasteiger charge is 1.99. The second-order valence-electron chi connectivity index (χ2n) is 2.29. The van der Waals surface area contributed by atoms with Crippen molar-refractivity contribution >= 4 is 10.0 Å². The topological polar surface area (TPSA) is 72.2 Å². The summed E-state index contributed by atoms with van der Waals surface area (Å²) in [6.07, 6.45) is 0.737. The summed E-state index contributed by atoms with van der Waals surface area (Å²) in [5, 5.41) is 7.70. The first-order valence-corrected chi connectivity index (χ1v) is 5.38. The molecule has 0 fully saturated rings. The Kier molecular flexibility index (Phi) is 5.72. The monoisotopic (exact) mass is 190 g/mol. The van der Waals surface area contributed by atoms with Gasteiger partial charge in [-0.1, -0.05) is 0 Å². The van der Waals surface area contributed by atoms with Crippen molar-refractivity contribution in [3.8, 4) is 11.8 Å². The van der Waals surface area contributed by atoms with Crippen LogP contribution < -0.4 is 10.5 Å². The van der Waals surface area contributed by atoms with Gasteiger partial charge < -0.3 is 5.32 Å². The number of primary sulfonamides is 1. The molecule has 4 nitrogen and oxygen atoms in total. The van der Waals surface area contributed by atoms with E-state index >= 15 is 0 Å². The van der Waals surface area contributed by atoms with E-state index in [4.69, 9.17) is 5.14 Å². The van der Waals surface area contributed by atoms with Crippen molar-refractivity contribution in [2.24, 2.45) is 5.14 Å². The van der Waals surface area contributed by atoms with Gasteiger partial charge in [0.2, 0.25) is 10.0 Å². The number of nitrogens with one attached hydrogen (secondary N) is 1. The average Bonchev–Trinajstić information content (AvgIpc) is 1.94. The van der Waals surface area contributed by atoms with Crippen LogP contribution in [0, 0.1) is 11.8 Å². The van der Waals surface area contributed by atoms with Gasteiger partial charge in [-0.25, -0.2) is 13.6 Å². The normalized spacial score (nSPS) is 10.5. The maximum absolute atomic E-state index is 10.4. The van der Waals surface area contributed by atoms with Crippen molar-refractivity contribution in [1.82, 2.24) is 5.32 Å². The minimum absolute atomic E-state index is 0.0213. The molecule has 0 radical (unpaired) electrons. The van der Waals surface area contributed by atoms with Gasteiger partial charge in [0.15, 0.2) is 0 Å². The molecule has 0 rings (SSSR count). The lowest BCUT2D eigenvalue weighted by Crippen LogP contribution is -2.27. The molecule has 0 saturated heterocycles. The average molecular weight is 190 g/mol. The van der Waals surface area contributed by atoms with Crippen molar-refractivity contribution in [2.45, 2.75) is 13.3 Å². The van der Waals surface area contributed by atoms with Crippen molar-refractivity contribution in [3.05, 3.63) is 0 Å². The highest BCUT2D eigenvalue weighted by atomic mass is 32.2. The second kappa shape index (κ2) is 6.00. The van der Waals surface area contributed by atoms with E-state index in [1.165, 1.54) is 0 Å². The summed E-state index contributed by atoms with van der Waals surface area (Å²) in [7, 11) is -3.32. The van der Waals surface area contributed by atoms with Gasteiger partial charge in [0.05, 0.1) is 5.75 Å². The highest BCUT2D eigenvalue weighted by Crippen LogP contribution is 1.75. The molecule has 70 valence electrons. The van der Waals surface area contributed by atoms with Gasteiger partial charge in [-0.05, 0) is 6.92 Å². The van der Waals surface area contributed by atoms with Crippen molar-refractivity contribution in [1.29, 1.82) is 0 Å². The molecule has 0 aliphatic carbocycles. The van der Waals surface area contributed by atoms with E-state index in [1.807, 2.05) is 0 Å². The third kappa shape index (κ3) is 9.43. The van der Waals surface area contributed by atoms with Crippen LogP contribution in [-0.4, -0.2) is 27.3 Å². The zero-order chi connectivity index (χ0) is 9.45. The molecule has 0 aromatic heterocycles. The van der Waals surface area contributed by atoms with Gasteiger partial charge in [-0.3, -0.25) is 0 Å². The fourth-order valence-corrected chi connectivity index (χ4v) is 1.04. The number of sulfonamides is 1. The van der Waals surface area contributed by atoms with Gasteiger partial charge in [0.25, 0.3) is 0 Å². The number of hydrogen-bond donors (Lipinski definition) is 2. The van der Waals surface area contributed by atoms with E-state index in [9.17, 15) is 8.42 Å². The number of rotatable bonds is 5. The molecule has 0 saturated carbocycles. The van der Waals surface area contributed by atoms with Gasteiger partial charge >= 0.3 is 0 Å². The Labute approximate surface area is 73.6 Å². The van der Waals surface area contributed by atoms with E-state index < -0.39 is 10.0 Å². The Morgan fingerprint density at radius 1 is 1.42 bits per heavy atom. The molecule has 0 atom stereocenters. The third-order valence-electron chi connectivity index (χ3n) is 1.17. The zero-order valence-electron chi connectivity index (χ0n) is 7.13. The Bertz CT molecular complexity index is 261. The SMILES string of the molecule is CC#CCCNCCS(N)(=O)=O. The predicted molar refractivity (Wildman–Crippen MR) is 48.9 cm³/mol. The van der Waals surface area contributed by atoms with Crippen LogP contribution in [0.1, 0.15) is 13.3 Å². The van der Waals surface area contributed by atoms with Crippen LogP contribution in [0.15, 0.2) is 0 Å². The molecule has 0 aromatic rings. The van der Waals surface area contributed by atoms with Crippen LogP contribution in [-0.2, 0) is 10.0 Å².